The molecule has 0 aliphatic heterocycles. The van der Waals surface area contributed by atoms with E-state index in [1.807, 2.05) is 31.2 Å². The summed E-state index contributed by atoms with van der Waals surface area (Å²) in [6, 6.07) is 7.53. The number of anilines is 1. The Labute approximate surface area is 89.6 Å². The summed E-state index contributed by atoms with van der Waals surface area (Å²) in [5.74, 6) is 0.556. The van der Waals surface area contributed by atoms with Crippen molar-refractivity contribution < 1.29 is 9.53 Å². The maximum absolute atomic E-state index is 10.9. The molecule has 15 heavy (non-hydrogen) atoms. The molecule has 0 aliphatic carbocycles. The Morgan fingerprint density at radius 2 is 2.27 bits per heavy atom. The Hall–Kier alpha value is -1.71. The van der Waals surface area contributed by atoms with Crippen molar-refractivity contribution in [2.75, 3.05) is 25.5 Å². The minimum absolute atomic E-state index is 0.0477. The number of benzene rings is 1. The molecule has 0 radical (unpaired) electrons. The monoisotopic (exact) mass is 208 g/mol. The van der Waals surface area contributed by atoms with Crippen molar-refractivity contribution in [3.8, 4) is 5.75 Å². The van der Waals surface area contributed by atoms with Crippen LogP contribution in [-0.4, -0.2) is 26.1 Å². The van der Waals surface area contributed by atoms with Crippen LogP contribution in [0, 0.1) is 0 Å². The number of carbonyl (C=O) groups is 1. The molecule has 0 aliphatic rings. The first-order chi connectivity index (χ1) is 7.26. The minimum Gasteiger partial charge on any atom is -0.484 e. The maximum atomic E-state index is 10.9. The highest BCUT2D eigenvalue weighted by Crippen LogP contribution is 2.16. The second kappa shape index (κ2) is 5.90. The number of nitrogens with one attached hydrogen (secondary N) is 2. The lowest BCUT2D eigenvalue weighted by atomic mass is 10.3. The molecule has 82 valence electrons. The fourth-order valence-corrected chi connectivity index (χ4v) is 1.12. The van der Waals surface area contributed by atoms with Gasteiger partial charge in [-0.25, -0.2) is 0 Å². The van der Waals surface area contributed by atoms with E-state index in [9.17, 15) is 4.79 Å². The van der Waals surface area contributed by atoms with Crippen LogP contribution in [0.25, 0.3) is 0 Å². The van der Waals surface area contributed by atoms with Crippen LogP contribution < -0.4 is 15.4 Å². The molecular weight excluding hydrogens is 192 g/mol. The zero-order valence-electron chi connectivity index (χ0n) is 9.04. The Balaban J connectivity index is 2.53. The van der Waals surface area contributed by atoms with Gasteiger partial charge in [0.1, 0.15) is 5.75 Å². The van der Waals surface area contributed by atoms with Gasteiger partial charge < -0.3 is 15.4 Å². The topological polar surface area (TPSA) is 50.4 Å². The zero-order chi connectivity index (χ0) is 11.1. The molecule has 1 amide bonds. The lowest BCUT2D eigenvalue weighted by molar-refractivity contribution is -0.122. The summed E-state index contributed by atoms with van der Waals surface area (Å²) in [5, 5.41) is 5.66. The number of likely N-dealkylation sites (N-methyl/N-ethyl adjacent to an activating group) is 1. The van der Waals surface area contributed by atoms with E-state index >= 15 is 0 Å². The third kappa shape index (κ3) is 3.89. The number of hydrogen-bond acceptors (Lipinski definition) is 3. The summed E-state index contributed by atoms with van der Waals surface area (Å²) >= 11 is 0. The van der Waals surface area contributed by atoms with Crippen molar-refractivity contribution in [3.05, 3.63) is 24.3 Å². The molecule has 1 aromatic carbocycles. The van der Waals surface area contributed by atoms with Gasteiger partial charge in [0.05, 0.1) is 0 Å². The van der Waals surface area contributed by atoms with Gasteiger partial charge in [0.25, 0.3) is 5.91 Å². The molecule has 0 fully saturated rings. The Kier molecular flexibility index (Phi) is 4.47. The normalized spacial score (nSPS) is 9.47. The standard InChI is InChI=1S/C11H16N2O2/c1-3-13-9-5-4-6-10(7-9)15-8-11(14)12-2/h4-7,13H,3,8H2,1-2H3,(H,12,14). The molecule has 2 N–H and O–H groups in total. The lowest BCUT2D eigenvalue weighted by Crippen LogP contribution is -2.24. The summed E-state index contributed by atoms with van der Waals surface area (Å²) in [5.41, 5.74) is 0.993. The van der Waals surface area contributed by atoms with E-state index in [1.165, 1.54) is 0 Å². The molecule has 4 heteroatoms. The smallest absolute Gasteiger partial charge is 0.257 e. The number of hydrogen-bond donors (Lipinski definition) is 2. The van der Waals surface area contributed by atoms with E-state index in [1.54, 1.807) is 7.05 Å². The van der Waals surface area contributed by atoms with Crippen LogP contribution in [0.3, 0.4) is 0 Å². The second-order valence-corrected chi connectivity index (χ2v) is 3.02. The fourth-order valence-electron chi connectivity index (χ4n) is 1.12. The quantitative estimate of drug-likeness (QED) is 0.765. The van der Waals surface area contributed by atoms with E-state index in [0.717, 1.165) is 12.2 Å². The number of ether oxygens (including phenoxy) is 1. The van der Waals surface area contributed by atoms with Crippen molar-refractivity contribution in [3.63, 3.8) is 0 Å². The van der Waals surface area contributed by atoms with Gasteiger partial charge in [0, 0.05) is 25.3 Å². The minimum atomic E-state index is -0.135. The molecule has 4 nitrogen and oxygen atoms in total. The predicted molar refractivity (Wildman–Crippen MR) is 60.2 cm³/mol. The van der Waals surface area contributed by atoms with Gasteiger partial charge in [-0.2, -0.15) is 0 Å². The number of carbonyl (C=O) groups excluding carboxylic acids is 1. The van der Waals surface area contributed by atoms with E-state index in [2.05, 4.69) is 10.6 Å². The van der Waals surface area contributed by atoms with Crippen molar-refractivity contribution in [2.45, 2.75) is 6.92 Å². The third-order valence-electron chi connectivity index (χ3n) is 1.86. The van der Waals surface area contributed by atoms with Crippen molar-refractivity contribution in [1.29, 1.82) is 0 Å². The van der Waals surface area contributed by atoms with Gasteiger partial charge >= 0.3 is 0 Å². The largest absolute Gasteiger partial charge is 0.484 e. The molecule has 0 aromatic heterocycles. The summed E-state index contributed by atoms with van der Waals surface area (Å²) in [6.07, 6.45) is 0. The fraction of sp³-hybridized carbons (Fsp3) is 0.364. The molecule has 0 saturated heterocycles. The first-order valence-electron chi connectivity index (χ1n) is 4.93. The van der Waals surface area contributed by atoms with Gasteiger partial charge in [0.15, 0.2) is 6.61 Å². The second-order valence-electron chi connectivity index (χ2n) is 3.02. The van der Waals surface area contributed by atoms with Gasteiger partial charge in [-0.15, -0.1) is 0 Å². The molecule has 0 heterocycles. The first kappa shape index (κ1) is 11.4. The Morgan fingerprint density at radius 1 is 1.47 bits per heavy atom. The van der Waals surface area contributed by atoms with Gasteiger partial charge in [-0.05, 0) is 19.1 Å². The SMILES string of the molecule is CCNc1cccc(OCC(=O)NC)c1. The molecule has 1 rings (SSSR count). The molecule has 0 unspecified atom stereocenters. The summed E-state index contributed by atoms with van der Waals surface area (Å²) in [4.78, 5) is 10.9. The van der Waals surface area contributed by atoms with E-state index in [4.69, 9.17) is 4.74 Å². The van der Waals surface area contributed by atoms with E-state index in [0.29, 0.717) is 5.75 Å². The molecule has 0 atom stereocenters. The third-order valence-corrected chi connectivity index (χ3v) is 1.86. The van der Waals surface area contributed by atoms with E-state index in [-0.39, 0.29) is 12.5 Å². The Bertz CT molecular complexity index is 326. The summed E-state index contributed by atoms with van der Waals surface area (Å²) in [6.45, 7) is 2.93. The number of rotatable bonds is 5. The van der Waals surface area contributed by atoms with Gasteiger partial charge in [-0.3, -0.25) is 4.79 Å². The molecule has 0 spiro atoms. The molecule has 0 bridgehead atoms. The van der Waals surface area contributed by atoms with Crippen molar-refractivity contribution in [2.24, 2.45) is 0 Å². The summed E-state index contributed by atoms with van der Waals surface area (Å²) in [7, 11) is 1.58. The highest BCUT2D eigenvalue weighted by Gasteiger charge is 2.00. The Morgan fingerprint density at radius 3 is 2.93 bits per heavy atom. The van der Waals surface area contributed by atoms with Crippen LogP contribution in [0.4, 0.5) is 5.69 Å². The van der Waals surface area contributed by atoms with Gasteiger partial charge in [-0.1, -0.05) is 6.07 Å². The average Bonchev–Trinajstić information content (AvgIpc) is 2.27. The molecule has 1 aromatic rings. The molecule has 0 saturated carbocycles. The summed E-state index contributed by atoms with van der Waals surface area (Å²) < 4.78 is 5.29. The van der Waals surface area contributed by atoms with E-state index < -0.39 is 0 Å². The molecular formula is C11H16N2O2. The average molecular weight is 208 g/mol. The van der Waals surface area contributed by atoms with Crippen molar-refractivity contribution in [1.82, 2.24) is 5.32 Å². The lowest BCUT2D eigenvalue weighted by Gasteiger charge is -2.07. The highest BCUT2D eigenvalue weighted by atomic mass is 16.5. The predicted octanol–water partition coefficient (Wildman–Crippen LogP) is 1.24. The van der Waals surface area contributed by atoms with Crippen LogP contribution >= 0.6 is 0 Å². The zero-order valence-corrected chi connectivity index (χ0v) is 9.04. The van der Waals surface area contributed by atoms with Crippen LogP contribution in [0.1, 0.15) is 6.92 Å². The van der Waals surface area contributed by atoms with Crippen LogP contribution in [0.15, 0.2) is 24.3 Å². The van der Waals surface area contributed by atoms with Gasteiger partial charge in [0.2, 0.25) is 0 Å². The number of amides is 1. The maximum Gasteiger partial charge on any atom is 0.257 e. The van der Waals surface area contributed by atoms with Crippen LogP contribution in [-0.2, 0) is 4.79 Å². The first-order valence-corrected chi connectivity index (χ1v) is 4.93. The van der Waals surface area contributed by atoms with Crippen LogP contribution in [0.5, 0.6) is 5.75 Å². The van der Waals surface area contributed by atoms with Crippen LogP contribution in [0.2, 0.25) is 0 Å². The van der Waals surface area contributed by atoms with Crippen molar-refractivity contribution >= 4 is 11.6 Å². The highest BCUT2D eigenvalue weighted by molar-refractivity contribution is 5.77.